The Kier molecular flexibility index (Phi) is 9.98. The molecule has 6 nitrogen and oxygen atoms in total. The number of para-hydroxylation sites is 1. The normalized spacial score (nSPS) is 12.2. The van der Waals surface area contributed by atoms with Crippen LogP contribution in [0.1, 0.15) is 18.9 Å². The first-order valence-corrected chi connectivity index (χ1v) is 8.31. The number of hydrogen-bond donors (Lipinski definition) is 2. The second-order valence-corrected chi connectivity index (χ2v) is 5.73. The summed E-state index contributed by atoms with van der Waals surface area (Å²) in [6.07, 6.45) is 6.65. The van der Waals surface area contributed by atoms with Crippen LogP contribution in [0.5, 0.6) is 5.75 Å². The Morgan fingerprint density at radius 3 is 2.80 bits per heavy atom. The number of aromatic nitrogens is 2. The average Bonchev–Trinajstić information content (AvgIpc) is 3.10. The highest BCUT2D eigenvalue weighted by Crippen LogP contribution is 2.17. The maximum absolute atomic E-state index is 5.96. The lowest BCUT2D eigenvalue weighted by Gasteiger charge is -2.18. The summed E-state index contributed by atoms with van der Waals surface area (Å²) < 4.78 is 8.02. The molecular weight excluding hydrogens is 429 g/mol. The Hall–Kier alpha value is -1.77. The van der Waals surface area contributed by atoms with Crippen LogP contribution in [0.3, 0.4) is 0 Å². The number of aliphatic imine (C=N–C) groups is 1. The molecule has 0 aliphatic rings. The lowest BCUT2D eigenvalue weighted by atomic mass is 10.2. The number of ether oxygens (including phenoxy) is 1. The van der Waals surface area contributed by atoms with Gasteiger partial charge in [0.05, 0.1) is 12.9 Å². The van der Waals surface area contributed by atoms with Gasteiger partial charge in [-0.1, -0.05) is 18.2 Å². The molecule has 1 heterocycles. The molecule has 0 aliphatic heterocycles. The molecule has 0 aliphatic carbocycles. The molecule has 1 aromatic heterocycles. The maximum atomic E-state index is 5.96. The molecule has 0 spiro atoms. The van der Waals surface area contributed by atoms with Crippen LogP contribution >= 0.6 is 24.0 Å². The predicted molar refractivity (Wildman–Crippen MR) is 113 cm³/mol. The quantitative estimate of drug-likeness (QED) is 0.277. The summed E-state index contributed by atoms with van der Waals surface area (Å²) in [4.78, 5) is 8.27. The van der Waals surface area contributed by atoms with Crippen LogP contribution in [0.15, 0.2) is 48.0 Å². The molecule has 0 saturated carbocycles. The van der Waals surface area contributed by atoms with Crippen LogP contribution in [0.25, 0.3) is 0 Å². The van der Waals surface area contributed by atoms with Gasteiger partial charge in [-0.3, -0.25) is 4.99 Å². The SMILES string of the molecule is CN=C(NCCCn1ccnc1)NCC(C)Oc1ccccc1C.I. The first-order valence-electron chi connectivity index (χ1n) is 8.31. The predicted octanol–water partition coefficient (Wildman–Crippen LogP) is 2.83. The minimum Gasteiger partial charge on any atom is -0.489 e. The Morgan fingerprint density at radius 1 is 1.32 bits per heavy atom. The van der Waals surface area contributed by atoms with Crippen molar-refractivity contribution in [3.05, 3.63) is 48.5 Å². The maximum Gasteiger partial charge on any atom is 0.191 e. The van der Waals surface area contributed by atoms with Crippen molar-refractivity contribution >= 4 is 29.9 Å². The first kappa shape index (κ1) is 21.3. The van der Waals surface area contributed by atoms with Gasteiger partial charge >= 0.3 is 0 Å². The summed E-state index contributed by atoms with van der Waals surface area (Å²) in [6, 6.07) is 8.05. The molecule has 1 unspecified atom stereocenters. The summed E-state index contributed by atoms with van der Waals surface area (Å²) in [5.74, 6) is 1.72. The average molecular weight is 457 g/mol. The van der Waals surface area contributed by atoms with E-state index in [2.05, 4.69) is 38.2 Å². The third-order valence-electron chi connectivity index (χ3n) is 3.65. The fourth-order valence-corrected chi connectivity index (χ4v) is 2.30. The molecule has 0 radical (unpaired) electrons. The highest BCUT2D eigenvalue weighted by molar-refractivity contribution is 14.0. The third-order valence-corrected chi connectivity index (χ3v) is 3.65. The van der Waals surface area contributed by atoms with Gasteiger partial charge in [0, 0.05) is 32.5 Å². The highest BCUT2D eigenvalue weighted by atomic mass is 127. The van der Waals surface area contributed by atoms with Crippen LogP contribution < -0.4 is 15.4 Å². The fraction of sp³-hybridized carbons (Fsp3) is 0.444. The van der Waals surface area contributed by atoms with Gasteiger partial charge in [0.1, 0.15) is 11.9 Å². The van der Waals surface area contributed by atoms with Gasteiger partial charge in [0.25, 0.3) is 0 Å². The van der Waals surface area contributed by atoms with Gasteiger partial charge < -0.3 is 19.9 Å². The van der Waals surface area contributed by atoms with Crippen molar-refractivity contribution in [2.24, 2.45) is 4.99 Å². The van der Waals surface area contributed by atoms with E-state index in [0.29, 0.717) is 6.54 Å². The van der Waals surface area contributed by atoms with E-state index >= 15 is 0 Å². The number of halogens is 1. The van der Waals surface area contributed by atoms with E-state index in [1.165, 1.54) is 0 Å². The van der Waals surface area contributed by atoms with E-state index in [0.717, 1.165) is 36.8 Å². The van der Waals surface area contributed by atoms with Crippen LogP contribution in [-0.2, 0) is 6.54 Å². The lowest BCUT2D eigenvalue weighted by molar-refractivity contribution is 0.222. The Balaban J connectivity index is 0.00000312. The zero-order valence-corrected chi connectivity index (χ0v) is 17.4. The summed E-state index contributed by atoms with van der Waals surface area (Å²) in [5, 5.41) is 6.61. The van der Waals surface area contributed by atoms with Crippen LogP contribution in [-0.4, -0.2) is 41.8 Å². The van der Waals surface area contributed by atoms with E-state index in [-0.39, 0.29) is 30.1 Å². The van der Waals surface area contributed by atoms with Gasteiger partial charge in [-0.2, -0.15) is 0 Å². The molecule has 2 rings (SSSR count). The van der Waals surface area contributed by atoms with Crippen molar-refractivity contribution < 1.29 is 4.74 Å². The zero-order chi connectivity index (χ0) is 17.2. The fourth-order valence-electron chi connectivity index (χ4n) is 2.30. The van der Waals surface area contributed by atoms with E-state index in [9.17, 15) is 0 Å². The largest absolute Gasteiger partial charge is 0.489 e. The van der Waals surface area contributed by atoms with Gasteiger partial charge in [-0.25, -0.2) is 4.98 Å². The van der Waals surface area contributed by atoms with E-state index in [4.69, 9.17) is 4.74 Å². The Bertz CT molecular complexity index is 630. The van der Waals surface area contributed by atoms with Gasteiger partial charge in [0.15, 0.2) is 5.96 Å². The van der Waals surface area contributed by atoms with Gasteiger partial charge in [-0.15, -0.1) is 24.0 Å². The number of rotatable bonds is 8. The number of guanidine groups is 1. The van der Waals surface area contributed by atoms with Crippen LogP contribution in [0.2, 0.25) is 0 Å². The first-order chi connectivity index (χ1) is 11.7. The lowest BCUT2D eigenvalue weighted by Crippen LogP contribution is -2.42. The standard InChI is InChI=1S/C18H27N5O.HI/c1-15-7-4-5-8-17(15)24-16(2)13-22-18(19-3)21-9-6-11-23-12-10-20-14-23;/h4-5,7-8,10,12,14,16H,6,9,11,13H2,1-3H3,(H2,19,21,22);1H. The Morgan fingerprint density at radius 2 is 2.12 bits per heavy atom. The molecule has 0 fully saturated rings. The second-order valence-electron chi connectivity index (χ2n) is 5.73. The topological polar surface area (TPSA) is 63.5 Å². The Labute approximate surface area is 167 Å². The minimum absolute atomic E-state index is 0. The number of nitrogens with zero attached hydrogens (tertiary/aromatic N) is 3. The summed E-state index contributed by atoms with van der Waals surface area (Å²) in [6.45, 7) is 6.58. The van der Waals surface area contributed by atoms with Crippen molar-refractivity contribution in [2.75, 3.05) is 20.1 Å². The molecule has 1 aromatic carbocycles. The van der Waals surface area contributed by atoms with E-state index < -0.39 is 0 Å². The highest BCUT2D eigenvalue weighted by Gasteiger charge is 2.07. The molecule has 25 heavy (non-hydrogen) atoms. The van der Waals surface area contributed by atoms with Crippen molar-refractivity contribution in [3.8, 4) is 5.75 Å². The molecule has 0 saturated heterocycles. The van der Waals surface area contributed by atoms with Crippen LogP contribution in [0, 0.1) is 6.92 Å². The minimum atomic E-state index is 0. The third kappa shape index (κ3) is 7.76. The molecule has 0 bridgehead atoms. The molecule has 7 heteroatoms. The monoisotopic (exact) mass is 457 g/mol. The molecular formula is C18H28IN5O. The molecule has 138 valence electrons. The summed E-state index contributed by atoms with van der Waals surface area (Å²) in [5.41, 5.74) is 1.14. The second kappa shape index (κ2) is 11.7. The number of benzene rings is 1. The molecule has 2 N–H and O–H groups in total. The molecule has 1 atom stereocenters. The van der Waals surface area contributed by atoms with Gasteiger partial charge in [0.2, 0.25) is 0 Å². The molecule has 2 aromatic rings. The van der Waals surface area contributed by atoms with Crippen molar-refractivity contribution in [3.63, 3.8) is 0 Å². The smallest absolute Gasteiger partial charge is 0.191 e. The summed E-state index contributed by atoms with van der Waals surface area (Å²) in [7, 11) is 1.78. The van der Waals surface area contributed by atoms with Crippen molar-refractivity contribution in [2.45, 2.75) is 32.9 Å². The summed E-state index contributed by atoms with van der Waals surface area (Å²) >= 11 is 0. The van der Waals surface area contributed by atoms with Crippen LogP contribution in [0.4, 0.5) is 0 Å². The number of aryl methyl sites for hydroxylation is 2. The van der Waals surface area contributed by atoms with E-state index in [1.807, 2.05) is 37.6 Å². The number of hydrogen-bond acceptors (Lipinski definition) is 3. The van der Waals surface area contributed by atoms with Crippen molar-refractivity contribution in [1.29, 1.82) is 0 Å². The van der Waals surface area contributed by atoms with Crippen molar-refractivity contribution in [1.82, 2.24) is 20.2 Å². The number of nitrogens with one attached hydrogen (secondary N) is 2. The zero-order valence-electron chi connectivity index (χ0n) is 15.1. The number of imidazole rings is 1. The van der Waals surface area contributed by atoms with E-state index in [1.54, 1.807) is 13.2 Å². The van der Waals surface area contributed by atoms with Gasteiger partial charge in [-0.05, 0) is 31.9 Å². The molecule has 0 amide bonds.